The normalized spacial score (nSPS) is 16.8. The number of aromatic nitrogens is 1. The van der Waals surface area contributed by atoms with Gasteiger partial charge in [0.15, 0.2) is 5.69 Å². The maximum absolute atomic E-state index is 10.9. The molecule has 0 spiro atoms. The molecular weight excluding hydrogens is 244 g/mol. The molecule has 0 amide bonds. The Labute approximate surface area is 104 Å². The highest BCUT2D eigenvalue weighted by Gasteiger charge is 2.16. The van der Waals surface area contributed by atoms with Gasteiger partial charge >= 0.3 is 5.97 Å². The van der Waals surface area contributed by atoms with Crippen molar-refractivity contribution >= 4 is 23.4 Å². The van der Waals surface area contributed by atoms with E-state index >= 15 is 0 Å². The molecule has 0 atom stereocenters. The van der Waals surface area contributed by atoms with Crippen molar-refractivity contribution in [3.05, 3.63) is 22.8 Å². The average Bonchev–Trinajstić information content (AvgIpc) is 2.32. The zero-order chi connectivity index (χ0) is 12.3. The summed E-state index contributed by atoms with van der Waals surface area (Å²) in [6, 6.07) is 3.50. The summed E-state index contributed by atoms with van der Waals surface area (Å²) in [6.07, 6.45) is 1.79. The van der Waals surface area contributed by atoms with Gasteiger partial charge in [-0.15, -0.1) is 0 Å². The van der Waals surface area contributed by atoms with Crippen molar-refractivity contribution in [2.45, 2.75) is 18.9 Å². The van der Waals surface area contributed by atoms with Gasteiger partial charge in [-0.25, -0.2) is 9.78 Å². The monoisotopic (exact) mass is 256 g/mol. The zero-order valence-electron chi connectivity index (χ0n) is 9.15. The lowest BCUT2D eigenvalue weighted by atomic mass is 10.1. The standard InChI is InChI=1S/C11H13ClN2O3/c12-8-1-2-9(14-10(8)11(15)16)13-7-3-5-17-6-4-7/h1-2,7H,3-6H2,(H,13,14)(H,15,16). The molecule has 1 aliphatic heterocycles. The Balaban J connectivity index is 2.10. The van der Waals surface area contributed by atoms with Crippen LogP contribution in [0.5, 0.6) is 0 Å². The number of rotatable bonds is 3. The zero-order valence-corrected chi connectivity index (χ0v) is 9.91. The molecule has 6 heteroatoms. The second-order valence-electron chi connectivity index (χ2n) is 3.86. The van der Waals surface area contributed by atoms with E-state index in [0.29, 0.717) is 5.82 Å². The van der Waals surface area contributed by atoms with Crippen molar-refractivity contribution in [2.24, 2.45) is 0 Å². The molecule has 2 rings (SSSR count). The van der Waals surface area contributed by atoms with Gasteiger partial charge in [-0.3, -0.25) is 0 Å². The Hall–Kier alpha value is -1.33. The average molecular weight is 257 g/mol. The minimum atomic E-state index is -1.12. The number of anilines is 1. The summed E-state index contributed by atoms with van der Waals surface area (Å²) >= 11 is 5.74. The van der Waals surface area contributed by atoms with Crippen LogP contribution in [0, 0.1) is 0 Å². The summed E-state index contributed by atoms with van der Waals surface area (Å²) < 4.78 is 5.24. The number of hydrogen-bond acceptors (Lipinski definition) is 4. The first-order chi connectivity index (χ1) is 8.16. The van der Waals surface area contributed by atoms with Crippen LogP contribution < -0.4 is 5.32 Å². The number of carbonyl (C=O) groups is 1. The number of carboxylic acid groups (broad SMARTS) is 1. The highest BCUT2D eigenvalue weighted by atomic mass is 35.5. The van der Waals surface area contributed by atoms with E-state index < -0.39 is 5.97 Å². The highest BCUT2D eigenvalue weighted by molar-refractivity contribution is 6.33. The molecule has 5 nitrogen and oxygen atoms in total. The minimum absolute atomic E-state index is 0.122. The van der Waals surface area contributed by atoms with Crippen LogP contribution in [0.25, 0.3) is 0 Å². The molecule has 1 aromatic heterocycles. The molecule has 0 aliphatic carbocycles. The lowest BCUT2D eigenvalue weighted by Crippen LogP contribution is -2.28. The molecular formula is C11H13ClN2O3. The fourth-order valence-corrected chi connectivity index (χ4v) is 1.91. The van der Waals surface area contributed by atoms with Crippen LogP contribution in [0.4, 0.5) is 5.82 Å². The summed E-state index contributed by atoms with van der Waals surface area (Å²) in [5.41, 5.74) is -0.122. The first-order valence-corrected chi connectivity index (χ1v) is 5.79. The topological polar surface area (TPSA) is 71.5 Å². The summed E-state index contributed by atoms with van der Waals surface area (Å²) in [5, 5.41) is 12.2. The van der Waals surface area contributed by atoms with Crippen LogP contribution in [0.2, 0.25) is 5.02 Å². The quantitative estimate of drug-likeness (QED) is 0.866. The van der Waals surface area contributed by atoms with Gasteiger partial charge < -0.3 is 15.2 Å². The van der Waals surface area contributed by atoms with Crippen molar-refractivity contribution in [3.63, 3.8) is 0 Å². The van der Waals surface area contributed by atoms with Gasteiger partial charge in [0.2, 0.25) is 0 Å². The Kier molecular flexibility index (Phi) is 3.81. The predicted octanol–water partition coefficient (Wildman–Crippen LogP) is 2.02. The lowest BCUT2D eigenvalue weighted by Gasteiger charge is -2.23. The Morgan fingerprint density at radius 1 is 1.47 bits per heavy atom. The van der Waals surface area contributed by atoms with Gasteiger partial charge in [0.05, 0.1) is 5.02 Å². The van der Waals surface area contributed by atoms with Gasteiger partial charge in [-0.2, -0.15) is 0 Å². The number of carboxylic acids is 1. The molecule has 0 unspecified atom stereocenters. The van der Waals surface area contributed by atoms with Crippen molar-refractivity contribution in [1.29, 1.82) is 0 Å². The van der Waals surface area contributed by atoms with Crippen molar-refractivity contribution in [2.75, 3.05) is 18.5 Å². The molecule has 1 aliphatic rings. The van der Waals surface area contributed by atoms with Crippen LogP contribution in [0.1, 0.15) is 23.3 Å². The first-order valence-electron chi connectivity index (χ1n) is 5.41. The summed E-state index contributed by atoms with van der Waals surface area (Å²) in [7, 11) is 0. The van der Waals surface area contributed by atoms with Crippen molar-refractivity contribution in [3.8, 4) is 0 Å². The maximum Gasteiger partial charge on any atom is 0.356 e. The van der Waals surface area contributed by atoms with Crippen molar-refractivity contribution < 1.29 is 14.6 Å². The number of hydrogen-bond donors (Lipinski definition) is 2. The van der Waals surface area contributed by atoms with Gasteiger partial charge in [0.25, 0.3) is 0 Å². The summed E-state index contributed by atoms with van der Waals surface area (Å²) in [6.45, 7) is 1.44. The molecule has 2 heterocycles. The van der Waals surface area contributed by atoms with E-state index in [1.165, 1.54) is 0 Å². The van der Waals surface area contributed by atoms with E-state index in [1.807, 2.05) is 0 Å². The number of halogens is 1. The van der Waals surface area contributed by atoms with E-state index in [1.54, 1.807) is 12.1 Å². The van der Waals surface area contributed by atoms with Gasteiger partial charge in [-0.05, 0) is 25.0 Å². The summed E-state index contributed by atoms with van der Waals surface area (Å²) in [5.74, 6) is -0.579. The van der Waals surface area contributed by atoms with E-state index in [0.717, 1.165) is 26.1 Å². The Bertz CT molecular complexity index is 419. The minimum Gasteiger partial charge on any atom is -0.476 e. The molecule has 2 N–H and O–H groups in total. The second kappa shape index (κ2) is 5.33. The third kappa shape index (κ3) is 3.08. The summed E-state index contributed by atoms with van der Waals surface area (Å²) in [4.78, 5) is 14.9. The number of nitrogens with one attached hydrogen (secondary N) is 1. The van der Waals surface area contributed by atoms with Gasteiger partial charge in [0, 0.05) is 19.3 Å². The predicted molar refractivity (Wildman–Crippen MR) is 63.7 cm³/mol. The SMILES string of the molecule is O=C(O)c1nc(NC2CCOCC2)ccc1Cl. The number of nitrogens with zero attached hydrogens (tertiary/aromatic N) is 1. The van der Waals surface area contributed by atoms with Crippen LogP contribution in [-0.4, -0.2) is 35.3 Å². The Morgan fingerprint density at radius 3 is 2.82 bits per heavy atom. The number of aromatic carboxylic acids is 1. The largest absolute Gasteiger partial charge is 0.476 e. The van der Waals surface area contributed by atoms with Gasteiger partial charge in [0.1, 0.15) is 5.82 Å². The molecule has 0 aromatic carbocycles. The van der Waals surface area contributed by atoms with Crippen LogP contribution in [0.3, 0.4) is 0 Å². The molecule has 92 valence electrons. The molecule has 17 heavy (non-hydrogen) atoms. The fraction of sp³-hybridized carbons (Fsp3) is 0.455. The third-order valence-electron chi connectivity index (χ3n) is 2.62. The number of pyridine rings is 1. The molecule has 0 radical (unpaired) electrons. The molecule has 0 saturated carbocycles. The van der Waals surface area contributed by atoms with Crippen LogP contribution in [-0.2, 0) is 4.74 Å². The highest BCUT2D eigenvalue weighted by Crippen LogP contribution is 2.19. The molecule has 1 aromatic rings. The van der Waals surface area contributed by atoms with Crippen molar-refractivity contribution in [1.82, 2.24) is 4.98 Å². The lowest BCUT2D eigenvalue weighted by molar-refractivity contribution is 0.0690. The van der Waals surface area contributed by atoms with Crippen LogP contribution >= 0.6 is 11.6 Å². The second-order valence-corrected chi connectivity index (χ2v) is 4.27. The van der Waals surface area contributed by atoms with E-state index in [4.69, 9.17) is 21.4 Å². The third-order valence-corrected chi connectivity index (χ3v) is 2.93. The smallest absolute Gasteiger partial charge is 0.356 e. The van der Waals surface area contributed by atoms with Gasteiger partial charge in [-0.1, -0.05) is 11.6 Å². The van der Waals surface area contributed by atoms with E-state index in [-0.39, 0.29) is 16.8 Å². The van der Waals surface area contributed by atoms with E-state index in [2.05, 4.69) is 10.3 Å². The van der Waals surface area contributed by atoms with Crippen LogP contribution in [0.15, 0.2) is 12.1 Å². The first kappa shape index (κ1) is 12.1. The fourth-order valence-electron chi connectivity index (χ4n) is 1.72. The molecule has 1 saturated heterocycles. The maximum atomic E-state index is 10.9. The Morgan fingerprint density at radius 2 is 2.18 bits per heavy atom. The molecule has 0 bridgehead atoms. The molecule has 1 fully saturated rings. The van der Waals surface area contributed by atoms with E-state index in [9.17, 15) is 4.79 Å². The number of ether oxygens (including phenoxy) is 1.